The van der Waals surface area contributed by atoms with Crippen LogP contribution in [0.3, 0.4) is 0 Å². The lowest BCUT2D eigenvalue weighted by atomic mass is 10.1. The van der Waals surface area contributed by atoms with Gasteiger partial charge in [0, 0.05) is 25.5 Å². The van der Waals surface area contributed by atoms with E-state index in [0.29, 0.717) is 43.7 Å². The molecule has 1 atom stereocenters. The summed E-state index contributed by atoms with van der Waals surface area (Å²) in [5.41, 5.74) is 1.73. The summed E-state index contributed by atoms with van der Waals surface area (Å²) in [5.74, 6) is 1.71. The van der Waals surface area contributed by atoms with E-state index in [1.165, 1.54) is 0 Å². The summed E-state index contributed by atoms with van der Waals surface area (Å²) in [6.07, 6.45) is 0.839. The molecule has 1 amide bonds. The highest BCUT2D eigenvalue weighted by Gasteiger charge is 2.33. The summed E-state index contributed by atoms with van der Waals surface area (Å²) in [7, 11) is 0. The highest BCUT2D eigenvalue weighted by molar-refractivity contribution is 5.95. The Morgan fingerprint density at radius 3 is 3.04 bits per heavy atom. The fourth-order valence-corrected chi connectivity index (χ4v) is 2.98. The Bertz CT molecular complexity index is 743. The Morgan fingerprint density at radius 1 is 1.30 bits per heavy atom. The molecule has 7 heteroatoms. The number of aryl methyl sites for hydroxylation is 1. The maximum absolute atomic E-state index is 12.9. The minimum Gasteiger partial charge on any atom is -0.493 e. The van der Waals surface area contributed by atoms with Crippen LogP contribution in [0.15, 0.2) is 22.6 Å². The first-order valence-electron chi connectivity index (χ1n) is 7.67. The number of carbonyl (C=O) groups is 1. The molecule has 1 aromatic heterocycles. The zero-order chi connectivity index (χ0) is 15.8. The zero-order valence-electron chi connectivity index (χ0n) is 12.8. The quantitative estimate of drug-likeness (QED) is 0.836. The summed E-state index contributed by atoms with van der Waals surface area (Å²) in [5, 5.41) is 7.89. The number of carbonyl (C=O) groups excluding carboxylic acids is 1. The lowest BCUT2D eigenvalue weighted by Crippen LogP contribution is -2.43. The van der Waals surface area contributed by atoms with Crippen molar-refractivity contribution < 1.29 is 18.7 Å². The van der Waals surface area contributed by atoms with Crippen molar-refractivity contribution in [3.8, 4) is 5.75 Å². The number of nitrogens with zero attached hydrogens (tertiary/aromatic N) is 3. The molecule has 2 aliphatic heterocycles. The average molecular weight is 315 g/mol. The van der Waals surface area contributed by atoms with Crippen LogP contribution >= 0.6 is 0 Å². The Kier molecular flexibility index (Phi) is 3.49. The molecule has 1 unspecified atom stereocenters. The number of fused-ring (bicyclic) bond motifs is 1. The molecule has 0 N–H and O–H groups in total. The van der Waals surface area contributed by atoms with Gasteiger partial charge in [0.15, 0.2) is 0 Å². The summed E-state index contributed by atoms with van der Waals surface area (Å²) in [6, 6.07) is 5.23. The van der Waals surface area contributed by atoms with Gasteiger partial charge in [-0.1, -0.05) is 0 Å². The maximum atomic E-state index is 12.9. The van der Waals surface area contributed by atoms with Crippen molar-refractivity contribution in [3.05, 3.63) is 41.1 Å². The number of aromatic nitrogens is 2. The van der Waals surface area contributed by atoms with Gasteiger partial charge in [0.25, 0.3) is 5.91 Å². The number of rotatable bonds is 2. The molecule has 0 saturated carbocycles. The highest BCUT2D eigenvalue weighted by Crippen LogP contribution is 2.29. The van der Waals surface area contributed by atoms with Gasteiger partial charge in [0.2, 0.25) is 11.8 Å². The molecule has 0 radical (unpaired) electrons. The summed E-state index contributed by atoms with van der Waals surface area (Å²) >= 11 is 0. The van der Waals surface area contributed by atoms with Crippen molar-refractivity contribution in [1.29, 1.82) is 0 Å². The predicted molar refractivity (Wildman–Crippen MR) is 79.3 cm³/mol. The lowest BCUT2D eigenvalue weighted by Gasteiger charge is -2.33. The summed E-state index contributed by atoms with van der Waals surface area (Å²) in [4.78, 5) is 14.7. The molecule has 23 heavy (non-hydrogen) atoms. The second-order valence-corrected chi connectivity index (χ2v) is 5.67. The Labute approximate surface area is 133 Å². The van der Waals surface area contributed by atoms with Crippen LogP contribution in [0.25, 0.3) is 0 Å². The van der Waals surface area contributed by atoms with Gasteiger partial charge in [-0.05, 0) is 23.8 Å². The third kappa shape index (κ3) is 2.57. The molecule has 7 nitrogen and oxygen atoms in total. The number of morpholine rings is 1. The largest absolute Gasteiger partial charge is 0.493 e. The van der Waals surface area contributed by atoms with Crippen molar-refractivity contribution in [1.82, 2.24) is 15.1 Å². The van der Waals surface area contributed by atoms with Crippen LogP contribution in [0.4, 0.5) is 0 Å². The minimum absolute atomic E-state index is 0.0520. The second kappa shape index (κ2) is 5.66. The molecular formula is C16H17N3O4. The van der Waals surface area contributed by atoms with E-state index in [-0.39, 0.29) is 11.9 Å². The molecule has 2 aliphatic rings. The van der Waals surface area contributed by atoms with Crippen LogP contribution in [-0.2, 0) is 11.2 Å². The first-order valence-corrected chi connectivity index (χ1v) is 7.67. The van der Waals surface area contributed by atoms with Gasteiger partial charge in [0.05, 0.1) is 19.8 Å². The number of benzene rings is 1. The van der Waals surface area contributed by atoms with Crippen LogP contribution in [0.5, 0.6) is 5.75 Å². The van der Waals surface area contributed by atoms with Crippen LogP contribution < -0.4 is 4.74 Å². The molecule has 4 rings (SSSR count). The molecule has 0 aliphatic carbocycles. The minimum atomic E-state index is -0.345. The standard InChI is InChI=1S/C16H17N3O4/c1-10-17-18-15(23-10)13-9-21-7-5-19(13)16(20)12-2-3-14-11(8-12)4-6-22-14/h2-3,8,13H,4-7,9H2,1H3. The number of hydrogen-bond donors (Lipinski definition) is 0. The Hall–Kier alpha value is -2.41. The van der Waals surface area contributed by atoms with Crippen LogP contribution in [0, 0.1) is 6.92 Å². The van der Waals surface area contributed by atoms with Gasteiger partial charge in [0.1, 0.15) is 11.8 Å². The van der Waals surface area contributed by atoms with E-state index in [1.807, 2.05) is 12.1 Å². The van der Waals surface area contributed by atoms with Crippen LogP contribution in [0.2, 0.25) is 0 Å². The molecule has 0 bridgehead atoms. The molecule has 0 spiro atoms. The Morgan fingerprint density at radius 2 is 2.22 bits per heavy atom. The van der Waals surface area contributed by atoms with Crippen molar-refractivity contribution in [3.63, 3.8) is 0 Å². The second-order valence-electron chi connectivity index (χ2n) is 5.67. The van der Waals surface area contributed by atoms with E-state index < -0.39 is 0 Å². The number of hydrogen-bond acceptors (Lipinski definition) is 6. The lowest BCUT2D eigenvalue weighted by molar-refractivity contribution is -0.0106. The fourth-order valence-electron chi connectivity index (χ4n) is 2.98. The molecular weight excluding hydrogens is 298 g/mol. The highest BCUT2D eigenvalue weighted by atomic mass is 16.5. The van der Waals surface area contributed by atoms with Gasteiger partial charge in [-0.15, -0.1) is 10.2 Å². The van der Waals surface area contributed by atoms with E-state index in [4.69, 9.17) is 13.9 Å². The van der Waals surface area contributed by atoms with Gasteiger partial charge in [-0.2, -0.15) is 0 Å². The van der Waals surface area contributed by atoms with Gasteiger partial charge in [-0.25, -0.2) is 0 Å². The fraction of sp³-hybridized carbons (Fsp3) is 0.438. The van der Waals surface area contributed by atoms with Crippen molar-refractivity contribution in [2.45, 2.75) is 19.4 Å². The normalized spacial score (nSPS) is 20.2. The van der Waals surface area contributed by atoms with Gasteiger partial charge < -0.3 is 18.8 Å². The van der Waals surface area contributed by atoms with Gasteiger partial charge in [-0.3, -0.25) is 4.79 Å². The summed E-state index contributed by atoms with van der Waals surface area (Å²) in [6.45, 7) is 3.77. The SMILES string of the molecule is Cc1nnc(C2COCCN2C(=O)c2ccc3c(c2)CCO3)o1. The molecule has 1 fully saturated rings. The molecule has 2 aromatic rings. The monoisotopic (exact) mass is 315 g/mol. The van der Waals surface area contributed by atoms with Gasteiger partial charge >= 0.3 is 0 Å². The van der Waals surface area contributed by atoms with E-state index in [9.17, 15) is 4.79 Å². The van der Waals surface area contributed by atoms with Crippen LogP contribution in [0.1, 0.15) is 33.7 Å². The summed E-state index contributed by atoms with van der Waals surface area (Å²) < 4.78 is 16.5. The van der Waals surface area contributed by atoms with E-state index in [1.54, 1.807) is 17.9 Å². The van der Waals surface area contributed by atoms with Crippen molar-refractivity contribution in [2.75, 3.05) is 26.4 Å². The maximum Gasteiger partial charge on any atom is 0.254 e. The topological polar surface area (TPSA) is 77.7 Å². The smallest absolute Gasteiger partial charge is 0.254 e. The third-order valence-corrected chi connectivity index (χ3v) is 4.15. The van der Waals surface area contributed by atoms with E-state index in [0.717, 1.165) is 17.7 Å². The Balaban J connectivity index is 1.62. The zero-order valence-corrected chi connectivity index (χ0v) is 12.8. The van der Waals surface area contributed by atoms with E-state index >= 15 is 0 Å². The molecule has 3 heterocycles. The number of ether oxygens (including phenoxy) is 2. The predicted octanol–water partition coefficient (Wildman–Crippen LogP) is 1.53. The molecule has 1 saturated heterocycles. The molecule has 1 aromatic carbocycles. The third-order valence-electron chi connectivity index (χ3n) is 4.15. The van der Waals surface area contributed by atoms with Crippen molar-refractivity contribution >= 4 is 5.91 Å². The average Bonchev–Trinajstić information content (AvgIpc) is 3.22. The molecule has 120 valence electrons. The van der Waals surface area contributed by atoms with E-state index in [2.05, 4.69) is 10.2 Å². The van der Waals surface area contributed by atoms with Crippen molar-refractivity contribution in [2.24, 2.45) is 0 Å². The first-order chi connectivity index (χ1) is 11.2. The first kappa shape index (κ1) is 14.2. The number of amides is 1. The van der Waals surface area contributed by atoms with Crippen LogP contribution in [-0.4, -0.2) is 47.4 Å².